The van der Waals surface area contributed by atoms with Crippen LogP contribution >= 0.6 is 15.9 Å². The quantitative estimate of drug-likeness (QED) is 0.747. The maximum Gasteiger partial charge on any atom is 0.328 e. The van der Waals surface area contributed by atoms with E-state index in [4.69, 9.17) is 9.84 Å². The molecule has 116 valence electrons. The van der Waals surface area contributed by atoms with Crippen molar-refractivity contribution >= 4 is 28.0 Å². The molecular weight excluding hydrogens is 344 g/mol. The van der Waals surface area contributed by atoms with Crippen molar-refractivity contribution in [2.45, 2.75) is 20.5 Å². The summed E-state index contributed by atoms with van der Waals surface area (Å²) in [4.78, 5) is 10.6. The highest BCUT2D eigenvalue weighted by Crippen LogP contribution is 2.25. The average Bonchev–Trinajstić information content (AvgIpc) is 2.55. The van der Waals surface area contributed by atoms with E-state index in [0.29, 0.717) is 12.4 Å². The number of halogens is 1. The van der Waals surface area contributed by atoms with E-state index in [1.165, 1.54) is 6.08 Å². The highest BCUT2D eigenvalue weighted by atomic mass is 79.9. The van der Waals surface area contributed by atoms with Crippen LogP contribution in [0.4, 0.5) is 0 Å². The second kappa shape index (κ2) is 9.79. The van der Waals surface area contributed by atoms with Crippen LogP contribution in [0.1, 0.15) is 25.0 Å². The summed E-state index contributed by atoms with van der Waals surface area (Å²) in [6.45, 7) is 4.44. The first-order valence-corrected chi connectivity index (χ1v) is 7.82. The molecule has 2 aromatic carbocycles. The number of carboxylic acid groups (broad SMARTS) is 1. The van der Waals surface area contributed by atoms with Gasteiger partial charge in [-0.15, -0.1) is 0 Å². The van der Waals surface area contributed by atoms with E-state index < -0.39 is 5.97 Å². The van der Waals surface area contributed by atoms with Gasteiger partial charge in [0.1, 0.15) is 12.4 Å². The van der Waals surface area contributed by atoms with Gasteiger partial charge in [0.25, 0.3) is 0 Å². The van der Waals surface area contributed by atoms with Gasteiger partial charge in [0.2, 0.25) is 0 Å². The minimum Gasteiger partial charge on any atom is -0.488 e. The molecule has 2 aromatic rings. The molecule has 0 aliphatic heterocycles. The fourth-order valence-corrected chi connectivity index (χ4v) is 2.06. The van der Waals surface area contributed by atoms with Gasteiger partial charge in [0.05, 0.1) is 0 Å². The first-order valence-electron chi connectivity index (χ1n) is 7.02. The number of ether oxygens (including phenoxy) is 1. The Hall–Kier alpha value is -2.07. The minimum atomic E-state index is -0.987. The summed E-state index contributed by atoms with van der Waals surface area (Å²) in [7, 11) is 0. The van der Waals surface area contributed by atoms with Gasteiger partial charge in [0, 0.05) is 16.1 Å². The van der Waals surface area contributed by atoms with E-state index in [1.807, 2.05) is 62.4 Å². The lowest BCUT2D eigenvalue weighted by atomic mass is 10.2. The lowest BCUT2D eigenvalue weighted by Crippen LogP contribution is -1.97. The first-order chi connectivity index (χ1) is 10.6. The highest BCUT2D eigenvalue weighted by molar-refractivity contribution is 9.10. The van der Waals surface area contributed by atoms with Gasteiger partial charge in [-0.2, -0.15) is 0 Å². The molecular formula is C18H19BrO3. The van der Waals surface area contributed by atoms with Crippen molar-refractivity contribution < 1.29 is 14.6 Å². The number of aliphatic carboxylic acids is 1. The third-order valence-electron chi connectivity index (χ3n) is 2.61. The molecule has 0 aliphatic carbocycles. The molecule has 2 rings (SSSR count). The summed E-state index contributed by atoms with van der Waals surface area (Å²) in [5, 5.41) is 8.70. The molecule has 3 nitrogen and oxygen atoms in total. The van der Waals surface area contributed by atoms with Gasteiger partial charge in [-0.25, -0.2) is 4.79 Å². The van der Waals surface area contributed by atoms with Crippen LogP contribution in [0.2, 0.25) is 0 Å². The Bertz CT molecular complexity index is 621. The van der Waals surface area contributed by atoms with Gasteiger partial charge in [-0.1, -0.05) is 60.1 Å². The average molecular weight is 363 g/mol. The number of benzene rings is 2. The van der Waals surface area contributed by atoms with Gasteiger partial charge in [-0.3, -0.25) is 0 Å². The van der Waals surface area contributed by atoms with Gasteiger partial charge in [0.15, 0.2) is 0 Å². The van der Waals surface area contributed by atoms with Crippen LogP contribution in [-0.2, 0) is 11.4 Å². The Kier molecular flexibility index (Phi) is 8.00. The van der Waals surface area contributed by atoms with E-state index in [0.717, 1.165) is 21.7 Å². The van der Waals surface area contributed by atoms with E-state index >= 15 is 0 Å². The van der Waals surface area contributed by atoms with Crippen molar-refractivity contribution in [1.82, 2.24) is 0 Å². The van der Waals surface area contributed by atoms with E-state index in [2.05, 4.69) is 15.9 Å². The van der Waals surface area contributed by atoms with Gasteiger partial charge in [-0.05, 0) is 29.8 Å². The summed E-state index contributed by atoms with van der Waals surface area (Å²) in [5.74, 6) is -0.339. The van der Waals surface area contributed by atoms with Crippen molar-refractivity contribution in [3.8, 4) is 5.75 Å². The fraction of sp³-hybridized carbons (Fsp3) is 0.167. The highest BCUT2D eigenvalue weighted by Gasteiger charge is 2.03. The van der Waals surface area contributed by atoms with E-state index in [-0.39, 0.29) is 0 Å². The molecule has 0 aromatic heterocycles. The molecule has 0 fully saturated rings. The Labute approximate surface area is 139 Å². The SMILES string of the molecule is CC.O=C(O)/C=C/c1cc(Br)ccc1OCc1ccccc1. The van der Waals surface area contributed by atoms with Crippen molar-refractivity contribution in [3.05, 3.63) is 70.2 Å². The van der Waals surface area contributed by atoms with E-state index in [9.17, 15) is 4.79 Å². The predicted octanol–water partition coefficient (Wildman–Crippen LogP) is 5.15. The molecule has 4 heteroatoms. The standard InChI is InChI=1S/C16H13BrO3.C2H6/c17-14-7-8-15(13(10-14)6-9-16(18)19)20-11-12-4-2-1-3-5-12;1-2/h1-10H,11H2,(H,18,19);1-2H3/b9-6+;. The molecule has 0 radical (unpaired) electrons. The summed E-state index contributed by atoms with van der Waals surface area (Å²) < 4.78 is 6.62. The summed E-state index contributed by atoms with van der Waals surface area (Å²) in [5.41, 5.74) is 1.78. The van der Waals surface area contributed by atoms with Crippen molar-refractivity contribution in [1.29, 1.82) is 0 Å². The first kappa shape index (κ1) is 18.0. The molecule has 0 spiro atoms. The zero-order valence-corrected chi connectivity index (χ0v) is 14.2. The fourth-order valence-electron chi connectivity index (χ4n) is 1.68. The number of hydrogen-bond acceptors (Lipinski definition) is 2. The lowest BCUT2D eigenvalue weighted by molar-refractivity contribution is -0.131. The smallest absolute Gasteiger partial charge is 0.328 e. The third kappa shape index (κ3) is 6.14. The number of carboxylic acids is 1. The van der Waals surface area contributed by atoms with Crippen molar-refractivity contribution in [2.75, 3.05) is 0 Å². The molecule has 0 unspecified atom stereocenters. The largest absolute Gasteiger partial charge is 0.488 e. The van der Waals surface area contributed by atoms with Crippen molar-refractivity contribution in [3.63, 3.8) is 0 Å². The van der Waals surface area contributed by atoms with Crippen molar-refractivity contribution in [2.24, 2.45) is 0 Å². The summed E-state index contributed by atoms with van der Waals surface area (Å²) >= 11 is 3.36. The molecule has 0 amide bonds. The van der Waals surface area contributed by atoms with Crippen LogP contribution in [0.3, 0.4) is 0 Å². The Morgan fingerprint density at radius 2 is 1.86 bits per heavy atom. The topological polar surface area (TPSA) is 46.5 Å². The second-order valence-electron chi connectivity index (χ2n) is 4.13. The zero-order chi connectivity index (χ0) is 16.4. The maximum absolute atomic E-state index is 10.6. The van der Waals surface area contributed by atoms with Crippen LogP contribution in [0.25, 0.3) is 6.08 Å². The number of carbonyl (C=O) groups is 1. The molecule has 0 saturated heterocycles. The summed E-state index contributed by atoms with van der Waals surface area (Å²) in [6, 6.07) is 15.3. The maximum atomic E-state index is 10.6. The molecule has 0 heterocycles. The second-order valence-corrected chi connectivity index (χ2v) is 5.04. The molecule has 0 bridgehead atoms. The van der Waals surface area contributed by atoms with Crippen LogP contribution in [0, 0.1) is 0 Å². The molecule has 1 N–H and O–H groups in total. The van der Waals surface area contributed by atoms with E-state index in [1.54, 1.807) is 0 Å². The number of rotatable bonds is 5. The third-order valence-corrected chi connectivity index (χ3v) is 3.11. The summed E-state index contributed by atoms with van der Waals surface area (Å²) in [6.07, 6.45) is 2.62. The molecule has 22 heavy (non-hydrogen) atoms. The normalized spacial score (nSPS) is 9.95. The Balaban J connectivity index is 0.00000116. The van der Waals surface area contributed by atoms with Gasteiger partial charge >= 0.3 is 5.97 Å². The zero-order valence-electron chi connectivity index (χ0n) is 12.6. The Morgan fingerprint density at radius 3 is 2.50 bits per heavy atom. The van der Waals surface area contributed by atoms with Crippen LogP contribution in [-0.4, -0.2) is 11.1 Å². The minimum absolute atomic E-state index is 0.441. The van der Waals surface area contributed by atoms with Crippen LogP contribution in [0.5, 0.6) is 5.75 Å². The van der Waals surface area contributed by atoms with Crippen LogP contribution < -0.4 is 4.74 Å². The van der Waals surface area contributed by atoms with Crippen LogP contribution in [0.15, 0.2) is 59.1 Å². The molecule has 0 saturated carbocycles. The van der Waals surface area contributed by atoms with Gasteiger partial charge < -0.3 is 9.84 Å². The number of hydrogen-bond donors (Lipinski definition) is 1. The predicted molar refractivity (Wildman–Crippen MR) is 92.9 cm³/mol. The molecule has 0 aliphatic rings. The molecule has 0 atom stereocenters. The Morgan fingerprint density at radius 1 is 1.18 bits per heavy atom. The monoisotopic (exact) mass is 362 g/mol. The lowest BCUT2D eigenvalue weighted by Gasteiger charge is -2.09.